The summed E-state index contributed by atoms with van der Waals surface area (Å²) in [6, 6.07) is 9.44. The summed E-state index contributed by atoms with van der Waals surface area (Å²) in [5.41, 5.74) is 0.783. The number of halogens is 1. The smallest absolute Gasteiger partial charge is 0.164 e. The second-order valence-electron chi connectivity index (χ2n) is 4.55. The summed E-state index contributed by atoms with van der Waals surface area (Å²) < 4.78 is 0. The van der Waals surface area contributed by atoms with Gasteiger partial charge in [0, 0.05) is 17.4 Å². The Morgan fingerprint density at radius 1 is 1.25 bits per heavy atom. The second-order valence-corrected chi connectivity index (χ2v) is 5.11. The number of carbonyl (C=O) groups excluding carboxylic acids is 1. The molecule has 0 amide bonds. The fourth-order valence-corrected chi connectivity index (χ4v) is 2.80. The molecule has 0 heterocycles. The van der Waals surface area contributed by atoms with Crippen LogP contribution in [-0.4, -0.2) is 11.2 Å². The van der Waals surface area contributed by atoms with Crippen molar-refractivity contribution in [3.63, 3.8) is 0 Å². The molecule has 0 aromatic heterocycles. The summed E-state index contributed by atoms with van der Waals surface area (Å²) in [6.45, 7) is 0. The molecule has 1 aliphatic carbocycles. The van der Waals surface area contributed by atoms with Gasteiger partial charge in [0.1, 0.15) is 0 Å². The van der Waals surface area contributed by atoms with Gasteiger partial charge in [-0.2, -0.15) is 0 Å². The first kappa shape index (κ1) is 11.7. The van der Waals surface area contributed by atoms with Crippen LogP contribution in [0, 0.1) is 5.92 Å². The van der Waals surface area contributed by atoms with Crippen LogP contribution in [0.3, 0.4) is 0 Å². The summed E-state index contributed by atoms with van der Waals surface area (Å²) >= 11 is 6.31. The molecule has 0 bridgehead atoms. The number of alkyl halides is 1. The third-order valence-corrected chi connectivity index (χ3v) is 3.90. The van der Waals surface area contributed by atoms with Crippen molar-refractivity contribution in [2.24, 2.45) is 5.92 Å². The first-order valence-electron chi connectivity index (χ1n) is 5.99. The number of benzene rings is 1. The number of hydrogen-bond acceptors (Lipinski definition) is 1. The predicted molar refractivity (Wildman–Crippen MR) is 67.0 cm³/mol. The number of rotatable bonds is 4. The fraction of sp³-hybridized carbons (Fsp3) is 0.500. The Kier molecular flexibility index (Phi) is 4.00. The van der Waals surface area contributed by atoms with E-state index in [0.29, 0.717) is 12.3 Å². The SMILES string of the molecule is O=C(CC(Cl)C1CCCC1)c1ccccc1. The third-order valence-electron chi connectivity index (χ3n) is 3.39. The maximum Gasteiger partial charge on any atom is 0.164 e. The molecule has 0 saturated heterocycles. The van der Waals surface area contributed by atoms with Gasteiger partial charge in [-0.15, -0.1) is 11.6 Å². The first-order chi connectivity index (χ1) is 7.77. The maximum absolute atomic E-state index is 11.9. The third kappa shape index (κ3) is 2.85. The Hall–Kier alpha value is -0.820. The lowest BCUT2D eigenvalue weighted by molar-refractivity contribution is 0.0975. The molecule has 1 fully saturated rings. The zero-order valence-corrected chi connectivity index (χ0v) is 10.1. The highest BCUT2D eigenvalue weighted by Gasteiger charge is 2.25. The molecule has 1 saturated carbocycles. The zero-order valence-electron chi connectivity index (χ0n) is 9.36. The molecule has 1 aromatic rings. The summed E-state index contributed by atoms with van der Waals surface area (Å²) in [5.74, 6) is 0.724. The molecular formula is C14H17ClO. The van der Waals surface area contributed by atoms with E-state index >= 15 is 0 Å². The molecule has 16 heavy (non-hydrogen) atoms. The van der Waals surface area contributed by atoms with Gasteiger partial charge in [0.15, 0.2) is 5.78 Å². The normalized spacial score (nSPS) is 18.6. The van der Waals surface area contributed by atoms with Crippen LogP contribution in [0.4, 0.5) is 0 Å². The Morgan fingerprint density at radius 2 is 1.88 bits per heavy atom. The summed E-state index contributed by atoms with van der Waals surface area (Å²) in [4.78, 5) is 11.9. The van der Waals surface area contributed by atoms with E-state index in [2.05, 4.69) is 0 Å². The van der Waals surface area contributed by atoms with Crippen LogP contribution >= 0.6 is 11.6 Å². The molecular weight excluding hydrogens is 220 g/mol. The summed E-state index contributed by atoms with van der Waals surface area (Å²) in [7, 11) is 0. The van der Waals surface area contributed by atoms with Gasteiger partial charge in [-0.3, -0.25) is 4.79 Å². The Balaban J connectivity index is 1.92. The predicted octanol–water partition coefficient (Wildman–Crippen LogP) is 4.06. The van der Waals surface area contributed by atoms with Gasteiger partial charge in [-0.1, -0.05) is 43.2 Å². The van der Waals surface area contributed by atoms with Gasteiger partial charge in [0.2, 0.25) is 0 Å². The Labute approximate surface area is 102 Å². The summed E-state index contributed by atoms with van der Waals surface area (Å²) in [6.07, 6.45) is 5.41. The first-order valence-corrected chi connectivity index (χ1v) is 6.43. The lowest BCUT2D eigenvalue weighted by Crippen LogP contribution is -2.16. The van der Waals surface area contributed by atoms with E-state index in [1.54, 1.807) is 0 Å². The van der Waals surface area contributed by atoms with Gasteiger partial charge >= 0.3 is 0 Å². The van der Waals surface area contributed by atoms with E-state index in [-0.39, 0.29) is 11.2 Å². The monoisotopic (exact) mass is 236 g/mol. The number of hydrogen-bond donors (Lipinski definition) is 0. The van der Waals surface area contributed by atoms with Gasteiger partial charge in [0.05, 0.1) is 0 Å². The highest BCUT2D eigenvalue weighted by Crippen LogP contribution is 2.32. The molecule has 0 aliphatic heterocycles. The van der Waals surface area contributed by atoms with Crippen LogP contribution in [-0.2, 0) is 0 Å². The van der Waals surface area contributed by atoms with Crippen LogP contribution < -0.4 is 0 Å². The average molecular weight is 237 g/mol. The molecule has 1 atom stereocenters. The lowest BCUT2D eigenvalue weighted by atomic mass is 9.97. The highest BCUT2D eigenvalue weighted by molar-refractivity contribution is 6.22. The molecule has 0 N–H and O–H groups in total. The molecule has 86 valence electrons. The summed E-state index contributed by atoms with van der Waals surface area (Å²) in [5, 5.41) is 0.0233. The van der Waals surface area contributed by atoms with Crippen molar-refractivity contribution >= 4 is 17.4 Å². The molecule has 2 rings (SSSR count). The van der Waals surface area contributed by atoms with Crippen LogP contribution in [0.5, 0.6) is 0 Å². The number of Topliss-reactive ketones (excluding diaryl/α,β-unsaturated/α-hetero) is 1. The van der Waals surface area contributed by atoms with E-state index in [0.717, 1.165) is 5.56 Å². The van der Waals surface area contributed by atoms with Crippen molar-refractivity contribution < 1.29 is 4.79 Å². The van der Waals surface area contributed by atoms with Crippen LogP contribution in [0.15, 0.2) is 30.3 Å². The van der Waals surface area contributed by atoms with Gasteiger partial charge in [-0.25, -0.2) is 0 Å². The molecule has 0 radical (unpaired) electrons. The van der Waals surface area contributed by atoms with E-state index in [4.69, 9.17) is 11.6 Å². The molecule has 1 aliphatic rings. The quantitative estimate of drug-likeness (QED) is 0.569. The second kappa shape index (κ2) is 5.49. The van der Waals surface area contributed by atoms with E-state index in [9.17, 15) is 4.79 Å². The van der Waals surface area contributed by atoms with Crippen molar-refractivity contribution in [1.82, 2.24) is 0 Å². The van der Waals surface area contributed by atoms with Crippen molar-refractivity contribution in [3.05, 3.63) is 35.9 Å². The maximum atomic E-state index is 11.9. The van der Waals surface area contributed by atoms with Gasteiger partial charge < -0.3 is 0 Å². The number of carbonyl (C=O) groups is 1. The van der Waals surface area contributed by atoms with Crippen molar-refractivity contribution in [3.8, 4) is 0 Å². The molecule has 1 unspecified atom stereocenters. The minimum absolute atomic E-state index is 0.0233. The standard InChI is InChI=1S/C14H17ClO/c15-13(11-6-4-5-7-11)10-14(16)12-8-2-1-3-9-12/h1-3,8-9,11,13H,4-7,10H2. The Bertz CT molecular complexity index is 341. The van der Waals surface area contributed by atoms with E-state index in [1.165, 1.54) is 25.7 Å². The van der Waals surface area contributed by atoms with Crippen molar-refractivity contribution in [2.45, 2.75) is 37.5 Å². The zero-order chi connectivity index (χ0) is 11.4. The van der Waals surface area contributed by atoms with E-state index < -0.39 is 0 Å². The van der Waals surface area contributed by atoms with Gasteiger partial charge in [-0.05, 0) is 18.8 Å². The minimum Gasteiger partial charge on any atom is -0.294 e. The van der Waals surface area contributed by atoms with Crippen molar-refractivity contribution in [2.75, 3.05) is 0 Å². The minimum atomic E-state index is 0.0233. The van der Waals surface area contributed by atoms with Crippen LogP contribution in [0.2, 0.25) is 0 Å². The molecule has 1 aromatic carbocycles. The fourth-order valence-electron chi connectivity index (χ4n) is 2.40. The molecule has 0 spiro atoms. The topological polar surface area (TPSA) is 17.1 Å². The number of ketones is 1. The van der Waals surface area contributed by atoms with E-state index in [1.807, 2.05) is 30.3 Å². The highest BCUT2D eigenvalue weighted by atomic mass is 35.5. The van der Waals surface area contributed by atoms with Crippen LogP contribution in [0.25, 0.3) is 0 Å². The average Bonchev–Trinajstić information content (AvgIpc) is 2.83. The van der Waals surface area contributed by atoms with Gasteiger partial charge in [0.25, 0.3) is 0 Å². The lowest BCUT2D eigenvalue weighted by Gasteiger charge is -2.15. The largest absolute Gasteiger partial charge is 0.294 e. The molecule has 1 nitrogen and oxygen atoms in total. The van der Waals surface area contributed by atoms with Crippen molar-refractivity contribution in [1.29, 1.82) is 0 Å². The Morgan fingerprint density at radius 3 is 2.50 bits per heavy atom. The van der Waals surface area contributed by atoms with Crippen LogP contribution in [0.1, 0.15) is 42.5 Å². The molecule has 2 heteroatoms.